The van der Waals surface area contributed by atoms with E-state index < -0.39 is 5.97 Å². The van der Waals surface area contributed by atoms with Crippen LogP contribution >= 0.6 is 11.3 Å². The van der Waals surface area contributed by atoms with Gasteiger partial charge in [0, 0.05) is 6.04 Å². The highest BCUT2D eigenvalue weighted by Gasteiger charge is 2.42. The Kier molecular flexibility index (Phi) is 2.86. The summed E-state index contributed by atoms with van der Waals surface area (Å²) in [4.78, 5) is 23.6. The largest absolute Gasteiger partial charge is 0.477 e. The average molecular weight is 265 g/mol. The normalized spacial score (nSPS) is 18.9. The first-order valence-electron chi connectivity index (χ1n) is 6.29. The van der Waals surface area contributed by atoms with Crippen molar-refractivity contribution in [3.63, 3.8) is 0 Å². The molecule has 2 N–H and O–H groups in total. The number of carboxylic acid groups (broad SMARTS) is 1. The molecule has 2 aliphatic carbocycles. The first-order chi connectivity index (χ1) is 8.65. The third-order valence-corrected chi connectivity index (χ3v) is 4.67. The second-order valence-corrected chi connectivity index (χ2v) is 6.23. The molecule has 0 bridgehead atoms. The van der Waals surface area contributed by atoms with E-state index in [1.54, 1.807) is 6.07 Å². The summed E-state index contributed by atoms with van der Waals surface area (Å²) < 4.78 is 0. The molecule has 5 heteroatoms. The van der Waals surface area contributed by atoms with Gasteiger partial charge in [-0.2, -0.15) is 0 Å². The van der Waals surface area contributed by atoms with Gasteiger partial charge in [0.25, 0.3) is 5.91 Å². The fraction of sp³-hybridized carbons (Fsp3) is 0.538. The van der Waals surface area contributed by atoms with Crippen molar-refractivity contribution in [3.05, 3.63) is 21.9 Å². The minimum atomic E-state index is -0.972. The van der Waals surface area contributed by atoms with Gasteiger partial charge in [-0.15, -0.1) is 11.3 Å². The summed E-state index contributed by atoms with van der Waals surface area (Å²) in [5, 5.41) is 11.9. The number of carbonyl (C=O) groups is 2. The average Bonchev–Trinajstić information content (AvgIpc) is 3.24. The number of aromatic carboxylic acids is 1. The Bertz CT molecular complexity index is 476. The van der Waals surface area contributed by atoms with E-state index in [0.29, 0.717) is 22.8 Å². The Balaban J connectivity index is 1.67. The number of nitrogens with one attached hydrogen (secondary N) is 1. The number of hydrogen-bond donors (Lipinski definition) is 2. The van der Waals surface area contributed by atoms with Crippen LogP contribution < -0.4 is 5.32 Å². The Morgan fingerprint density at radius 3 is 2.17 bits per heavy atom. The van der Waals surface area contributed by atoms with Crippen molar-refractivity contribution in [2.75, 3.05) is 0 Å². The van der Waals surface area contributed by atoms with Gasteiger partial charge in [0.05, 0.1) is 4.88 Å². The van der Waals surface area contributed by atoms with E-state index in [2.05, 4.69) is 5.32 Å². The molecule has 0 spiro atoms. The minimum absolute atomic E-state index is 0.115. The van der Waals surface area contributed by atoms with Gasteiger partial charge in [0.15, 0.2) is 0 Å². The number of rotatable bonds is 5. The van der Waals surface area contributed by atoms with Crippen molar-refractivity contribution in [3.8, 4) is 0 Å². The molecule has 0 atom stereocenters. The van der Waals surface area contributed by atoms with Crippen LogP contribution in [0.4, 0.5) is 0 Å². The molecule has 0 aliphatic heterocycles. The second kappa shape index (κ2) is 4.39. The van der Waals surface area contributed by atoms with Crippen molar-refractivity contribution in [2.45, 2.75) is 31.7 Å². The lowest BCUT2D eigenvalue weighted by Crippen LogP contribution is -2.37. The van der Waals surface area contributed by atoms with Gasteiger partial charge in [0.2, 0.25) is 0 Å². The summed E-state index contributed by atoms with van der Waals surface area (Å²) in [5.41, 5.74) is 0. The molecule has 1 heterocycles. The maximum absolute atomic E-state index is 12.1. The predicted molar refractivity (Wildman–Crippen MR) is 68.0 cm³/mol. The van der Waals surface area contributed by atoms with Crippen LogP contribution in [0.5, 0.6) is 0 Å². The zero-order chi connectivity index (χ0) is 12.7. The van der Waals surface area contributed by atoms with E-state index in [1.807, 2.05) is 0 Å². The van der Waals surface area contributed by atoms with Crippen LogP contribution in [0, 0.1) is 11.8 Å². The zero-order valence-electron chi connectivity index (χ0n) is 9.89. The van der Waals surface area contributed by atoms with E-state index in [0.717, 1.165) is 11.3 Å². The molecule has 2 fully saturated rings. The lowest BCUT2D eigenvalue weighted by atomic mass is 10.1. The molecule has 0 saturated heterocycles. The highest BCUT2D eigenvalue weighted by atomic mass is 32.1. The number of hydrogen-bond acceptors (Lipinski definition) is 3. The second-order valence-electron chi connectivity index (χ2n) is 5.14. The molecule has 3 rings (SSSR count). The maximum Gasteiger partial charge on any atom is 0.345 e. The first-order valence-corrected chi connectivity index (χ1v) is 7.11. The number of amides is 1. The van der Waals surface area contributed by atoms with Crippen molar-refractivity contribution in [1.82, 2.24) is 5.32 Å². The molecule has 1 amide bonds. The molecular formula is C13H15NO3S. The van der Waals surface area contributed by atoms with Gasteiger partial charge >= 0.3 is 5.97 Å². The van der Waals surface area contributed by atoms with Crippen molar-refractivity contribution >= 4 is 23.2 Å². The molecule has 2 saturated carbocycles. The summed E-state index contributed by atoms with van der Waals surface area (Å²) in [6.07, 6.45) is 4.86. The van der Waals surface area contributed by atoms with Crippen LogP contribution in [0.2, 0.25) is 0 Å². The Morgan fingerprint density at radius 2 is 1.72 bits per heavy atom. The first kappa shape index (κ1) is 11.7. The Labute approximate surface area is 109 Å². The summed E-state index contributed by atoms with van der Waals surface area (Å²) in [6.45, 7) is 0. The van der Waals surface area contributed by atoms with Gasteiger partial charge in [-0.3, -0.25) is 4.79 Å². The highest BCUT2D eigenvalue weighted by molar-refractivity contribution is 7.15. The predicted octanol–water partition coefficient (Wildman–Crippen LogP) is 2.36. The topological polar surface area (TPSA) is 66.4 Å². The van der Waals surface area contributed by atoms with E-state index >= 15 is 0 Å². The van der Waals surface area contributed by atoms with Crippen LogP contribution in [0.25, 0.3) is 0 Å². The SMILES string of the molecule is O=C(O)c1ccc(C(=O)NC(C2CC2)C2CC2)s1. The molecule has 1 aromatic rings. The highest BCUT2D eigenvalue weighted by Crippen LogP contribution is 2.44. The lowest BCUT2D eigenvalue weighted by Gasteiger charge is -2.16. The number of thiophene rings is 1. The fourth-order valence-electron chi connectivity index (χ4n) is 2.33. The standard InChI is InChI=1S/C13H15NO3S/c15-12(9-5-6-10(18-9)13(16)17)14-11(7-1-2-7)8-3-4-8/h5-8,11H,1-4H2,(H,14,15)(H,16,17). The Morgan fingerprint density at radius 1 is 1.17 bits per heavy atom. The van der Waals surface area contributed by atoms with Crippen molar-refractivity contribution < 1.29 is 14.7 Å². The maximum atomic E-state index is 12.1. The fourth-order valence-corrected chi connectivity index (χ4v) is 3.08. The monoisotopic (exact) mass is 265 g/mol. The van der Waals surface area contributed by atoms with Crippen LogP contribution in [0.1, 0.15) is 45.0 Å². The van der Waals surface area contributed by atoms with Crippen molar-refractivity contribution in [2.24, 2.45) is 11.8 Å². The van der Waals surface area contributed by atoms with E-state index in [9.17, 15) is 9.59 Å². The minimum Gasteiger partial charge on any atom is -0.477 e. The van der Waals surface area contributed by atoms with Crippen LogP contribution in [0.15, 0.2) is 12.1 Å². The van der Waals surface area contributed by atoms with E-state index in [1.165, 1.54) is 31.7 Å². The molecule has 0 aromatic carbocycles. The molecule has 96 valence electrons. The summed E-state index contributed by atoms with van der Waals surface area (Å²) >= 11 is 1.04. The quantitative estimate of drug-likeness (QED) is 0.859. The number of carboxylic acids is 1. The molecule has 2 aliphatic rings. The van der Waals surface area contributed by atoms with Crippen LogP contribution in [-0.4, -0.2) is 23.0 Å². The van der Waals surface area contributed by atoms with E-state index in [-0.39, 0.29) is 10.8 Å². The molecule has 0 radical (unpaired) electrons. The van der Waals surface area contributed by atoms with Crippen molar-refractivity contribution in [1.29, 1.82) is 0 Å². The van der Waals surface area contributed by atoms with E-state index in [4.69, 9.17) is 5.11 Å². The van der Waals surface area contributed by atoms with Gasteiger partial charge < -0.3 is 10.4 Å². The molecular weight excluding hydrogens is 250 g/mol. The van der Waals surface area contributed by atoms with Gasteiger partial charge in [-0.25, -0.2) is 4.79 Å². The van der Waals surface area contributed by atoms with Crippen LogP contribution in [-0.2, 0) is 0 Å². The van der Waals surface area contributed by atoms with Gasteiger partial charge in [-0.1, -0.05) is 0 Å². The molecule has 1 aromatic heterocycles. The van der Waals surface area contributed by atoms with Crippen LogP contribution in [0.3, 0.4) is 0 Å². The smallest absolute Gasteiger partial charge is 0.345 e. The summed E-state index contributed by atoms with van der Waals surface area (Å²) in [7, 11) is 0. The third-order valence-electron chi connectivity index (χ3n) is 3.60. The summed E-state index contributed by atoms with van der Waals surface area (Å²) in [5.74, 6) is 0.219. The van der Waals surface area contributed by atoms with Gasteiger partial charge in [-0.05, 0) is 49.7 Å². The Hall–Kier alpha value is -1.36. The third kappa shape index (κ3) is 2.41. The summed E-state index contributed by atoms with van der Waals surface area (Å²) in [6, 6.07) is 3.40. The van der Waals surface area contributed by atoms with Gasteiger partial charge in [0.1, 0.15) is 4.88 Å². The molecule has 4 nitrogen and oxygen atoms in total. The molecule has 0 unspecified atom stereocenters. The molecule has 18 heavy (non-hydrogen) atoms. The zero-order valence-corrected chi connectivity index (χ0v) is 10.7. The lowest BCUT2D eigenvalue weighted by molar-refractivity contribution is 0.0702. The number of carbonyl (C=O) groups excluding carboxylic acids is 1.